The minimum atomic E-state index is 0.603. The van der Waals surface area contributed by atoms with Crippen molar-refractivity contribution in [3.63, 3.8) is 0 Å². The van der Waals surface area contributed by atoms with E-state index >= 15 is 0 Å². The van der Waals surface area contributed by atoms with Crippen molar-refractivity contribution < 1.29 is 0 Å². The molecule has 0 amide bonds. The van der Waals surface area contributed by atoms with Gasteiger partial charge in [-0.1, -0.05) is 0 Å². The van der Waals surface area contributed by atoms with Gasteiger partial charge in [0, 0.05) is 38.3 Å². The minimum absolute atomic E-state index is 0.603. The van der Waals surface area contributed by atoms with Gasteiger partial charge in [-0.2, -0.15) is 0 Å². The number of guanidine groups is 1. The molecule has 0 aromatic carbocycles. The maximum Gasteiger partial charge on any atom is 0.191 e. The van der Waals surface area contributed by atoms with Crippen LogP contribution in [0.15, 0.2) is 4.99 Å². The lowest BCUT2D eigenvalue weighted by Crippen LogP contribution is -2.39. The number of nitrogens with zero attached hydrogens (tertiary/aromatic N) is 3. The van der Waals surface area contributed by atoms with Crippen LogP contribution >= 0.6 is 0 Å². The summed E-state index contributed by atoms with van der Waals surface area (Å²) in [6, 6.07) is 1.21. The molecule has 0 aromatic heterocycles. The largest absolute Gasteiger partial charge is 0.357 e. The van der Waals surface area contributed by atoms with Crippen LogP contribution in [0.5, 0.6) is 0 Å². The Hall–Kier alpha value is -0.810. The van der Waals surface area contributed by atoms with E-state index in [-0.39, 0.29) is 0 Å². The Morgan fingerprint density at radius 1 is 1.00 bits per heavy atom. The second kappa shape index (κ2) is 13.4. The highest BCUT2D eigenvalue weighted by atomic mass is 15.2. The molecular weight excluding hydrogens is 310 g/mol. The highest BCUT2D eigenvalue weighted by Gasteiger charge is 2.12. The molecule has 0 atom stereocenters. The van der Waals surface area contributed by atoms with Crippen LogP contribution in [0.25, 0.3) is 0 Å². The zero-order chi connectivity index (χ0) is 18.5. The number of hydrogen-bond donors (Lipinski definition) is 2. The SMILES string of the molecule is CCNC(=NCCCN(C(C)C)C(C)C)NCCCCN1CCCC1. The molecule has 1 fully saturated rings. The Bertz CT molecular complexity index is 340. The van der Waals surface area contributed by atoms with Gasteiger partial charge in [0.15, 0.2) is 5.96 Å². The maximum atomic E-state index is 4.74. The molecule has 1 aliphatic heterocycles. The lowest BCUT2D eigenvalue weighted by Gasteiger charge is -2.30. The molecule has 0 radical (unpaired) electrons. The average Bonchev–Trinajstić information content (AvgIpc) is 3.06. The van der Waals surface area contributed by atoms with Crippen molar-refractivity contribution in [3.8, 4) is 0 Å². The third-order valence-electron chi connectivity index (χ3n) is 4.91. The fraction of sp³-hybridized carbons (Fsp3) is 0.950. The molecule has 1 rings (SSSR count). The molecule has 1 saturated heterocycles. The monoisotopic (exact) mass is 353 g/mol. The van der Waals surface area contributed by atoms with Gasteiger partial charge in [0.05, 0.1) is 0 Å². The van der Waals surface area contributed by atoms with E-state index in [9.17, 15) is 0 Å². The summed E-state index contributed by atoms with van der Waals surface area (Å²) in [4.78, 5) is 9.86. The number of unbranched alkanes of at least 4 members (excludes halogenated alkanes) is 1. The molecule has 5 heteroatoms. The van der Waals surface area contributed by atoms with E-state index in [2.05, 4.69) is 55.1 Å². The molecule has 0 spiro atoms. The van der Waals surface area contributed by atoms with Crippen molar-refractivity contribution in [1.29, 1.82) is 0 Å². The number of likely N-dealkylation sites (tertiary alicyclic amines) is 1. The maximum absolute atomic E-state index is 4.74. The van der Waals surface area contributed by atoms with Gasteiger partial charge >= 0.3 is 0 Å². The van der Waals surface area contributed by atoms with Gasteiger partial charge < -0.3 is 15.5 Å². The van der Waals surface area contributed by atoms with Gasteiger partial charge in [0.1, 0.15) is 0 Å². The first-order chi connectivity index (χ1) is 12.0. The second-order valence-electron chi connectivity index (χ2n) is 7.72. The van der Waals surface area contributed by atoms with E-state index in [1.807, 2.05) is 0 Å². The molecule has 1 aliphatic rings. The summed E-state index contributed by atoms with van der Waals surface area (Å²) in [5.41, 5.74) is 0. The standard InChI is InChI=1S/C20H43N5/c1-6-21-20(22-12-7-8-14-24-15-9-10-16-24)23-13-11-17-25(18(2)3)19(4)5/h18-19H,6-17H2,1-5H3,(H2,21,22,23). The molecule has 5 nitrogen and oxygen atoms in total. The third-order valence-corrected chi connectivity index (χ3v) is 4.91. The first-order valence-electron chi connectivity index (χ1n) is 10.5. The highest BCUT2D eigenvalue weighted by Crippen LogP contribution is 2.08. The average molecular weight is 354 g/mol. The van der Waals surface area contributed by atoms with Crippen LogP contribution in [0.4, 0.5) is 0 Å². The number of hydrogen-bond acceptors (Lipinski definition) is 3. The van der Waals surface area contributed by atoms with Crippen LogP contribution < -0.4 is 10.6 Å². The minimum Gasteiger partial charge on any atom is -0.357 e. The molecule has 0 bridgehead atoms. The van der Waals surface area contributed by atoms with Gasteiger partial charge in [-0.15, -0.1) is 0 Å². The summed E-state index contributed by atoms with van der Waals surface area (Å²) in [6.07, 6.45) is 6.39. The molecular formula is C20H43N5. The fourth-order valence-corrected chi connectivity index (χ4v) is 3.57. The summed E-state index contributed by atoms with van der Waals surface area (Å²) in [5, 5.41) is 6.85. The lowest BCUT2D eigenvalue weighted by molar-refractivity contribution is 0.174. The summed E-state index contributed by atoms with van der Waals surface area (Å²) >= 11 is 0. The van der Waals surface area contributed by atoms with Crippen LogP contribution in [0, 0.1) is 0 Å². The molecule has 148 valence electrons. The summed E-state index contributed by atoms with van der Waals surface area (Å²) < 4.78 is 0. The van der Waals surface area contributed by atoms with Crippen LogP contribution in [0.1, 0.15) is 66.7 Å². The Morgan fingerprint density at radius 3 is 2.28 bits per heavy atom. The summed E-state index contributed by atoms with van der Waals surface area (Å²) in [5.74, 6) is 0.976. The van der Waals surface area contributed by atoms with E-state index in [1.165, 1.54) is 45.3 Å². The summed E-state index contributed by atoms with van der Waals surface area (Å²) in [6.45, 7) is 19.0. The third kappa shape index (κ3) is 10.0. The molecule has 0 unspecified atom stereocenters. The summed E-state index contributed by atoms with van der Waals surface area (Å²) in [7, 11) is 0. The topological polar surface area (TPSA) is 42.9 Å². The lowest BCUT2D eigenvalue weighted by atomic mass is 10.2. The van der Waals surface area contributed by atoms with Crippen molar-refractivity contribution in [2.24, 2.45) is 4.99 Å². The van der Waals surface area contributed by atoms with Crippen molar-refractivity contribution in [2.75, 3.05) is 45.8 Å². The molecule has 0 aliphatic carbocycles. The van der Waals surface area contributed by atoms with Crippen LogP contribution in [-0.4, -0.2) is 73.7 Å². The fourth-order valence-electron chi connectivity index (χ4n) is 3.57. The zero-order valence-corrected chi connectivity index (χ0v) is 17.5. The predicted octanol–water partition coefficient (Wildman–Crippen LogP) is 2.93. The number of rotatable bonds is 12. The smallest absolute Gasteiger partial charge is 0.191 e. The molecule has 1 heterocycles. The molecule has 25 heavy (non-hydrogen) atoms. The number of aliphatic imine (C=N–C) groups is 1. The van der Waals surface area contributed by atoms with Crippen molar-refractivity contribution in [1.82, 2.24) is 20.4 Å². The first-order valence-corrected chi connectivity index (χ1v) is 10.5. The van der Waals surface area contributed by atoms with Gasteiger partial charge in [0.2, 0.25) is 0 Å². The van der Waals surface area contributed by atoms with Crippen LogP contribution in [0.3, 0.4) is 0 Å². The van der Waals surface area contributed by atoms with Crippen molar-refractivity contribution in [2.45, 2.75) is 78.8 Å². The molecule has 2 N–H and O–H groups in total. The highest BCUT2D eigenvalue weighted by molar-refractivity contribution is 5.79. The van der Waals surface area contributed by atoms with E-state index in [4.69, 9.17) is 4.99 Å². The van der Waals surface area contributed by atoms with E-state index in [0.717, 1.165) is 38.6 Å². The number of nitrogens with one attached hydrogen (secondary N) is 2. The predicted molar refractivity (Wildman–Crippen MR) is 110 cm³/mol. The normalized spacial score (nSPS) is 16.4. The van der Waals surface area contributed by atoms with E-state index in [0.29, 0.717) is 12.1 Å². The first kappa shape index (κ1) is 22.2. The zero-order valence-electron chi connectivity index (χ0n) is 17.5. The van der Waals surface area contributed by atoms with Crippen molar-refractivity contribution >= 4 is 5.96 Å². The molecule has 0 saturated carbocycles. The van der Waals surface area contributed by atoms with Gasteiger partial charge in [-0.3, -0.25) is 9.89 Å². The van der Waals surface area contributed by atoms with E-state index in [1.54, 1.807) is 0 Å². The van der Waals surface area contributed by atoms with Gasteiger partial charge in [0.25, 0.3) is 0 Å². The Balaban J connectivity index is 2.19. The van der Waals surface area contributed by atoms with Crippen LogP contribution in [-0.2, 0) is 0 Å². The van der Waals surface area contributed by atoms with Crippen molar-refractivity contribution in [3.05, 3.63) is 0 Å². The van der Waals surface area contributed by atoms with Gasteiger partial charge in [-0.05, 0) is 86.4 Å². The quantitative estimate of drug-likeness (QED) is 0.322. The Morgan fingerprint density at radius 2 is 1.68 bits per heavy atom. The van der Waals surface area contributed by atoms with E-state index < -0.39 is 0 Å². The van der Waals surface area contributed by atoms with Crippen LogP contribution in [0.2, 0.25) is 0 Å². The Kier molecular flexibility index (Phi) is 11.9. The molecule has 0 aromatic rings. The second-order valence-corrected chi connectivity index (χ2v) is 7.72. The van der Waals surface area contributed by atoms with Gasteiger partial charge in [-0.25, -0.2) is 0 Å². The Labute approximate surface area is 156 Å².